The van der Waals surface area contributed by atoms with Gasteiger partial charge in [-0.3, -0.25) is 4.90 Å². The third-order valence-corrected chi connectivity index (χ3v) is 2.56. The number of unbranched alkanes of at least 4 members (excludes halogenated alkanes) is 2. The molecule has 15 heavy (non-hydrogen) atoms. The minimum Gasteiger partial charge on any atom is -0.395 e. The van der Waals surface area contributed by atoms with Crippen molar-refractivity contribution in [3.05, 3.63) is 0 Å². The molecule has 3 heteroatoms. The van der Waals surface area contributed by atoms with Crippen molar-refractivity contribution in [1.29, 1.82) is 0 Å². The van der Waals surface area contributed by atoms with Crippen LogP contribution in [0.3, 0.4) is 0 Å². The highest BCUT2D eigenvalue weighted by atomic mass is 16.3. The zero-order valence-electron chi connectivity index (χ0n) is 10.5. The van der Waals surface area contributed by atoms with E-state index in [1.807, 2.05) is 0 Å². The van der Waals surface area contributed by atoms with Gasteiger partial charge in [-0.15, -0.1) is 0 Å². The average Bonchev–Trinajstić information content (AvgIpc) is 2.25. The highest BCUT2D eigenvalue weighted by Gasteiger charge is 2.02. The van der Waals surface area contributed by atoms with Crippen LogP contribution in [0.1, 0.15) is 39.5 Å². The molecule has 0 bridgehead atoms. The number of aliphatic hydroxyl groups excluding tert-OH is 1. The maximum Gasteiger partial charge on any atom is 0.0558 e. The first kappa shape index (κ1) is 14.9. The van der Waals surface area contributed by atoms with Gasteiger partial charge < -0.3 is 10.4 Å². The predicted octanol–water partition coefficient (Wildman–Crippen LogP) is 1.47. The van der Waals surface area contributed by atoms with Crippen LogP contribution in [0.15, 0.2) is 0 Å². The molecule has 0 saturated carbocycles. The Labute approximate surface area is 94.9 Å². The van der Waals surface area contributed by atoms with E-state index in [9.17, 15) is 0 Å². The van der Waals surface area contributed by atoms with Crippen molar-refractivity contribution < 1.29 is 5.11 Å². The van der Waals surface area contributed by atoms with Crippen molar-refractivity contribution in [3.8, 4) is 0 Å². The van der Waals surface area contributed by atoms with E-state index in [2.05, 4.69) is 24.1 Å². The van der Waals surface area contributed by atoms with Crippen molar-refractivity contribution >= 4 is 0 Å². The van der Waals surface area contributed by atoms with Gasteiger partial charge in [0, 0.05) is 19.6 Å². The fraction of sp³-hybridized carbons (Fsp3) is 1.00. The number of nitrogens with zero attached hydrogens (tertiary/aromatic N) is 1. The second-order valence-corrected chi connectivity index (χ2v) is 4.02. The molecule has 92 valence electrons. The van der Waals surface area contributed by atoms with Crippen LogP contribution in [0.4, 0.5) is 0 Å². The Morgan fingerprint density at radius 2 is 1.67 bits per heavy atom. The molecule has 0 saturated heterocycles. The molecule has 0 radical (unpaired) electrons. The van der Waals surface area contributed by atoms with Crippen LogP contribution >= 0.6 is 0 Å². The van der Waals surface area contributed by atoms with Gasteiger partial charge in [-0.25, -0.2) is 0 Å². The first-order chi connectivity index (χ1) is 7.35. The molecule has 3 nitrogen and oxygen atoms in total. The summed E-state index contributed by atoms with van der Waals surface area (Å²) >= 11 is 0. The number of hydrogen-bond acceptors (Lipinski definition) is 3. The minimum atomic E-state index is 0.276. The van der Waals surface area contributed by atoms with Gasteiger partial charge in [0.05, 0.1) is 6.61 Å². The monoisotopic (exact) mass is 216 g/mol. The smallest absolute Gasteiger partial charge is 0.0558 e. The number of nitrogens with one attached hydrogen (secondary N) is 1. The maximum absolute atomic E-state index is 8.91. The summed E-state index contributed by atoms with van der Waals surface area (Å²) in [7, 11) is 0. The van der Waals surface area contributed by atoms with Gasteiger partial charge in [0.25, 0.3) is 0 Å². The Balaban J connectivity index is 3.38. The highest BCUT2D eigenvalue weighted by molar-refractivity contribution is 4.59. The quantitative estimate of drug-likeness (QED) is 0.513. The van der Waals surface area contributed by atoms with E-state index in [1.54, 1.807) is 0 Å². The van der Waals surface area contributed by atoms with E-state index in [1.165, 1.54) is 25.7 Å². The van der Waals surface area contributed by atoms with Crippen LogP contribution in [0.25, 0.3) is 0 Å². The largest absolute Gasteiger partial charge is 0.395 e. The molecule has 0 aliphatic heterocycles. The summed E-state index contributed by atoms with van der Waals surface area (Å²) in [6.45, 7) is 9.85. The molecule has 0 unspecified atom stereocenters. The first-order valence-corrected chi connectivity index (χ1v) is 6.39. The number of aliphatic hydroxyl groups is 1. The lowest BCUT2D eigenvalue weighted by atomic mass is 10.3. The molecular weight excluding hydrogens is 188 g/mol. The lowest BCUT2D eigenvalue weighted by Gasteiger charge is -2.21. The van der Waals surface area contributed by atoms with E-state index in [0.29, 0.717) is 0 Å². The van der Waals surface area contributed by atoms with E-state index in [-0.39, 0.29) is 6.61 Å². The second-order valence-electron chi connectivity index (χ2n) is 4.02. The van der Waals surface area contributed by atoms with Crippen molar-refractivity contribution in [3.63, 3.8) is 0 Å². The maximum atomic E-state index is 8.91. The molecule has 0 fully saturated rings. The Morgan fingerprint density at radius 3 is 2.27 bits per heavy atom. The highest BCUT2D eigenvalue weighted by Crippen LogP contribution is 1.93. The van der Waals surface area contributed by atoms with Crippen molar-refractivity contribution in [2.75, 3.05) is 39.3 Å². The van der Waals surface area contributed by atoms with Crippen LogP contribution in [0.5, 0.6) is 0 Å². The number of rotatable bonds is 11. The van der Waals surface area contributed by atoms with Gasteiger partial charge in [-0.05, 0) is 25.9 Å². The van der Waals surface area contributed by atoms with Gasteiger partial charge >= 0.3 is 0 Å². The Morgan fingerprint density at radius 1 is 0.933 bits per heavy atom. The fourth-order valence-electron chi connectivity index (χ4n) is 1.52. The summed E-state index contributed by atoms with van der Waals surface area (Å²) in [6.07, 6.45) is 4.97. The average molecular weight is 216 g/mol. The SMILES string of the molecule is CCCCNCCN(CCO)CCCC. The van der Waals surface area contributed by atoms with Crippen LogP contribution in [0, 0.1) is 0 Å². The molecule has 0 aromatic carbocycles. The standard InChI is InChI=1S/C12H28N2O/c1-3-5-7-13-8-10-14(11-12-15)9-6-4-2/h13,15H,3-12H2,1-2H3. The summed E-state index contributed by atoms with van der Waals surface area (Å²) in [5.41, 5.74) is 0. The molecule has 0 aliphatic carbocycles. The molecule has 0 aliphatic rings. The molecule has 0 spiro atoms. The summed E-state index contributed by atoms with van der Waals surface area (Å²) in [5, 5.41) is 12.3. The van der Waals surface area contributed by atoms with E-state index >= 15 is 0 Å². The number of hydrogen-bond donors (Lipinski definition) is 2. The Kier molecular flexibility index (Phi) is 11.9. The summed E-state index contributed by atoms with van der Waals surface area (Å²) in [5.74, 6) is 0. The summed E-state index contributed by atoms with van der Waals surface area (Å²) < 4.78 is 0. The Hall–Kier alpha value is -0.120. The van der Waals surface area contributed by atoms with Gasteiger partial charge in [0.2, 0.25) is 0 Å². The van der Waals surface area contributed by atoms with Gasteiger partial charge in [-0.1, -0.05) is 26.7 Å². The van der Waals surface area contributed by atoms with Gasteiger partial charge in [-0.2, -0.15) is 0 Å². The zero-order chi connectivity index (χ0) is 11.4. The zero-order valence-corrected chi connectivity index (χ0v) is 10.5. The third kappa shape index (κ3) is 10.2. The van der Waals surface area contributed by atoms with Crippen LogP contribution in [-0.2, 0) is 0 Å². The van der Waals surface area contributed by atoms with Crippen LogP contribution in [-0.4, -0.2) is 49.3 Å². The molecular formula is C12H28N2O. The molecule has 0 heterocycles. The normalized spacial score (nSPS) is 11.2. The summed E-state index contributed by atoms with van der Waals surface area (Å²) in [6, 6.07) is 0. The Bertz CT molecular complexity index is 120. The van der Waals surface area contributed by atoms with Crippen LogP contribution < -0.4 is 5.32 Å². The fourth-order valence-corrected chi connectivity index (χ4v) is 1.52. The van der Waals surface area contributed by atoms with E-state index in [4.69, 9.17) is 5.11 Å². The molecule has 0 aromatic heterocycles. The lowest BCUT2D eigenvalue weighted by Crippen LogP contribution is -2.35. The topological polar surface area (TPSA) is 35.5 Å². The molecule has 0 rings (SSSR count). The lowest BCUT2D eigenvalue weighted by molar-refractivity contribution is 0.194. The first-order valence-electron chi connectivity index (χ1n) is 6.39. The summed E-state index contributed by atoms with van der Waals surface area (Å²) in [4.78, 5) is 2.34. The molecule has 0 atom stereocenters. The van der Waals surface area contributed by atoms with Crippen molar-refractivity contribution in [1.82, 2.24) is 10.2 Å². The van der Waals surface area contributed by atoms with Gasteiger partial charge in [0.1, 0.15) is 0 Å². The van der Waals surface area contributed by atoms with Gasteiger partial charge in [0.15, 0.2) is 0 Å². The van der Waals surface area contributed by atoms with E-state index in [0.717, 1.165) is 32.7 Å². The molecule has 0 aromatic rings. The van der Waals surface area contributed by atoms with E-state index < -0.39 is 0 Å². The van der Waals surface area contributed by atoms with Crippen LogP contribution in [0.2, 0.25) is 0 Å². The molecule has 2 N–H and O–H groups in total. The van der Waals surface area contributed by atoms with Crippen molar-refractivity contribution in [2.24, 2.45) is 0 Å². The predicted molar refractivity (Wildman–Crippen MR) is 66.2 cm³/mol. The van der Waals surface area contributed by atoms with Crippen molar-refractivity contribution in [2.45, 2.75) is 39.5 Å². The third-order valence-electron chi connectivity index (χ3n) is 2.56. The minimum absolute atomic E-state index is 0.276. The molecule has 0 amide bonds. The second kappa shape index (κ2) is 12.0.